The molecular formula is C10H13BrN4O. The Morgan fingerprint density at radius 1 is 1.56 bits per heavy atom. The van der Waals surface area contributed by atoms with Gasteiger partial charge in [-0.2, -0.15) is 5.10 Å². The van der Waals surface area contributed by atoms with Crippen LogP contribution in [0, 0.1) is 0 Å². The highest BCUT2D eigenvalue weighted by molar-refractivity contribution is 9.10. The highest BCUT2D eigenvalue weighted by Crippen LogP contribution is 2.20. The lowest BCUT2D eigenvalue weighted by atomic mass is 10.1. The van der Waals surface area contributed by atoms with Gasteiger partial charge in [0.2, 0.25) is 0 Å². The third-order valence-electron chi connectivity index (χ3n) is 2.05. The number of nitrogens with one attached hydrogen (secondary N) is 1. The summed E-state index contributed by atoms with van der Waals surface area (Å²) in [6.45, 7) is 3.95. The largest absolute Gasteiger partial charge is 0.389 e. The van der Waals surface area contributed by atoms with Gasteiger partial charge in [-0.1, -0.05) is 0 Å². The van der Waals surface area contributed by atoms with Crippen molar-refractivity contribution in [2.75, 3.05) is 11.9 Å². The molecule has 5 nitrogen and oxygen atoms in total. The number of fused-ring (bicyclic) bond motifs is 1. The number of pyridine rings is 1. The molecule has 2 aromatic rings. The van der Waals surface area contributed by atoms with E-state index in [-0.39, 0.29) is 0 Å². The van der Waals surface area contributed by atoms with Crippen molar-refractivity contribution < 1.29 is 5.11 Å². The van der Waals surface area contributed by atoms with Crippen LogP contribution in [0.2, 0.25) is 0 Å². The molecule has 0 unspecified atom stereocenters. The lowest BCUT2D eigenvalue weighted by Gasteiger charge is -2.18. The molecule has 0 spiro atoms. The second kappa shape index (κ2) is 4.03. The van der Waals surface area contributed by atoms with Crippen molar-refractivity contribution in [3.05, 3.63) is 23.1 Å². The van der Waals surface area contributed by atoms with Crippen LogP contribution in [-0.4, -0.2) is 31.9 Å². The summed E-state index contributed by atoms with van der Waals surface area (Å²) in [5.41, 5.74) is 0.820. The standard InChI is InChI=1S/C10H13BrN4O/c1-10(2,16)5-12-8-3-7(11)4-15-9(8)13-6-14-15/h3-4,6,12,16H,5H2,1-2H3. The summed E-state index contributed by atoms with van der Waals surface area (Å²) in [5.74, 6) is 0. The molecule has 0 fully saturated rings. The molecule has 0 saturated heterocycles. The van der Waals surface area contributed by atoms with Gasteiger partial charge >= 0.3 is 0 Å². The number of hydrogen-bond acceptors (Lipinski definition) is 4. The Balaban J connectivity index is 2.32. The Labute approximate surface area is 102 Å². The summed E-state index contributed by atoms with van der Waals surface area (Å²) in [5, 5.41) is 16.9. The molecule has 86 valence electrons. The number of halogens is 1. The molecule has 0 atom stereocenters. The lowest BCUT2D eigenvalue weighted by Crippen LogP contribution is -2.29. The first-order valence-electron chi connectivity index (χ1n) is 4.91. The second-order valence-corrected chi connectivity index (χ2v) is 5.18. The van der Waals surface area contributed by atoms with Crippen LogP contribution in [-0.2, 0) is 0 Å². The third-order valence-corrected chi connectivity index (χ3v) is 2.49. The van der Waals surface area contributed by atoms with Crippen molar-refractivity contribution in [2.24, 2.45) is 0 Å². The Kier molecular flexibility index (Phi) is 2.86. The minimum absolute atomic E-state index is 0.450. The quantitative estimate of drug-likeness (QED) is 0.900. The highest BCUT2D eigenvalue weighted by atomic mass is 79.9. The predicted molar refractivity (Wildman–Crippen MR) is 65.5 cm³/mol. The Morgan fingerprint density at radius 2 is 2.31 bits per heavy atom. The van der Waals surface area contributed by atoms with E-state index in [1.54, 1.807) is 18.4 Å². The van der Waals surface area contributed by atoms with Gasteiger partial charge in [0.25, 0.3) is 0 Å². The molecule has 2 N–H and O–H groups in total. The van der Waals surface area contributed by atoms with Crippen LogP contribution in [0.15, 0.2) is 23.1 Å². The first-order valence-corrected chi connectivity index (χ1v) is 5.70. The van der Waals surface area contributed by atoms with Gasteiger partial charge < -0.3 is 10.4 Å². The summed E-state index contributed by atoms with van der Waals surface area (Å²) in [7, 11) is 0. The Morgan fingerprint density at radius 3 is 3.00 bits per heavy atom. The van der Waals surface area contributed by atoms with E-state index in [0.29, 0.717) is 6.54 Å². The van der Waals surface area contributed by atoms with Gasteiger partial charge in [0.15, 0.2) is 5.65 Å². The molecule has 16 heavy (non-hydrogen) atoms. The van der Waals surface area contributed by atoms with Gasteiger partial charge in [0.05, 0.1) is 11.3 Å². The van der Waals surface area contributed by atoms with Crippen LogP contribution >= 0.6 is 15.9 Å². The second-order valence-electron chi connectivity index (χ2n) is 4.27. The molecular weight excluding hydrogens is 272 g/mol. The fourth-order valence-electron chi connectivity index (χ4n) is 1.34. The maximum atomic E-state index is 9.65. The van der Waals surface area contributed by atoms with Crippen molar-refractivity contribution in [3.63, 3.8) is 0 Å². The van der Waals surface area contributed by atoms with E-state index in [1.165, 1.54) is 6.33 Å². The SMILES string of the molecule is CC(C)(O)CNc1cc(Br)cn2ncnc12. The van der Waals surface area contributed by atoms with Gasteiger partial charge in [-0.25, -0.2) is 9.50 Å². The number of hydrogen-bond donors (Lipinski definition) is 2. The molecule has 0 saturated carbocycles. The summed E-state index contributed by atoms with van der Waals surface area (Å²) in [4.78, 5) is 4.15. The number of anilines is 1. The van der Waals surface area contributed by atoms with E-state index in [0.717, 1.165) is 15.8 Å². The van der Waals surface area contributed by atoms with Gasteiger partial charge in [-0.15, -0.1) is 0 Å². The molecule has 0 bridgehead atoms. The van der Waals surface area contributed by atoms with Gasteiger partial charge in [0.1, 0.15) is 6.33 Å². The van der Waals surface area contributed by atoms with E-state index in [9.17, 15) is 5.11 Å². The van der Waals surface area contributed by atoms with Crippen molar-refractivity contribution in [1.29, 1.82) is 0 Å². The topological polar surface area (TPSA) is 62.5 Å². The summed E-state index contributed by atoms with van der Waals surface area (Å²) < 4.78 is 2.58. The minimum atomic E-state index is -0.765. The molecule has 0 aromatic carbocycles. The maximum absolute atomic E-state index is 9.65. The molecule has 2 heterocycles. The average molecular weight is 285 g/mol. The molecule has 2 rings (SSSR count). The molecule has 2 aromatic heterocycles. The Bertz CT molecular complexity index is 503. The van der Waals surface area contributed by atoms with Crippen molar-refractivity contribution >= 4 is 27.3 Å². The predicted octanol–water partition coefficient (Wildman–Crippen LogP) is 1.67. The van der Waals surface area contributed by atoms with Crippen molar-refractivity contribution in [2.45, 2.75) is 19.4 Å². The zero-order chi connectivity index (χ0) is 11.8. The van der Waals surface area contributed by atoms with E-state index < -0.39 is 5.60 Å². The minimum Gasteiger partial charge on any atom is -0.389 e. The van der Waals surface area contributed by atoms with Gasteiger partial charge in [-0.05, 0) is 35.8 Å². The maximum Gasteiger partial charge on any atom is 0.178 e. The molecule has 0 amide bonds. The zero-order valence-corrected chi connectivity index (χ0v) is 10.7. The average Bonchev–Trinajstić information content (AvgIpc) is 2.60. The lowest BCUT2D eigenvalue weighted by molar-refractivity contribution is 0.0945. The van der Waals surface area contributed by atoms with Crippen LogP contribution in [0.1, 0.15) is 13.8 Å². The van der Waals surface area contributed by atoms with Crippen LogP contribution < -0.4 is 5.32 Å². The first-order chi connectivity index (χ1) is 7.46. The molecule has 0 aliphatic heterocycles. The van der Waals surface area contributed by atoms with Crippen LogP contribution in [0.3, 0.4) is 0 Å². The normalized spacial score (nSPS) is 12.0. The van der Waals surface area contributed by atoms with E-state index >= 15 is 0 Å². The fraction of sp³-hybridized carbons (Fsp3) is 0.400. The fourth-order valence-corrected chi connectivity index (χ4v) is 1.76. The third kappa shape index (κ3) is 2.51. The number of aliphatic hydroxyl groups is 1. The molecule has 6 heteroatoms. The Hall–Kier alpha value is -1.14. The van der Waals surface area contributed by atoms with Gasteiger partial charge in [0, 0.05) is 17.2 Å². The van der Waals surface area contributed by atoms with Crippen LogP contribution in [0.5, 0.6) is 0 Å². The summed E-state index contributed by atoms with van der Waals surface area (Å²) >= 11 is 3.40. The van der Waals surface area contributed by atoms with Crippen molar-refractivity contribution in [3.8, 4) is 0 Å². The van der Waals surface area contributed by atoms with Crippen molar-refractivity contribution in [1.82, 2.24) is 14.6 Å². The van der Waals surface area contributed by atoms with E-state index in [4.69, 9.17) is 0 Å². The van der Waals surface area contributed by atoms with E-state index in [2.05, 4.69) is 31.3 Å². The smallest absolute Gasteiger partial charge is 0.178 e. The van der Waals surface area contributed by atoms with Crippen LogP contribution in [0.25, 0.3) is 5.65 Å². The monoisotopic (exact) mass is 284 g/mol. The highest BCUT2D eigenvalue weighted by Gasteiger charge is 2.13. The molecule has 0 aliphatic rings. The van der Waals surface area contributed by atoms with Crippen LogP contribution in [0.4, 0.5) is 5.69 Å². The van der Waals surface area contributed by atoms with E-state index in [1.807, 2.05) is 12.3 Å². The molecule has 0 radical (unpaired) electrons. The number of aromatic nitrogens is 3. The number of nitrogens with zero attached hydrogens (tertiary/aromatic N) is 3. The first kappa shape index (κ1) is 11.3. The molecule has 0 aliphatic carbocycles. The number of rotatable bonds is 3. The zero-order valence-electron chi connectivity index (χ0n) is 9.11. The van der Waals surface area contributed by atoms with Gasteiger partial charge in [-0.3, -0.25) is 0 Å². The summed E-state index contributed by atoms with van der Waals surface area (Å²) in [6.07, 6.45) is 3.33. The summed E-state index contributed by atoms with van der Waals surface area (Å²) in [6, 6.07) is 1.91.